The zero-order valence-corrected chi connectivity index (χ0v) is 10.1. The molecule has 0 fully saturated rings. The third-order valence-electron chi connectivity index (χ3n) is 2.07. The van der Waals surface area contributed by atoms with Gasteiger partial charge in [0.2, 0.25) is 0 Å². The van der Waals surface area contributed by atoms with Gasteiger partial charge < -0.3 is 9.26 Å². The lowest BCUT2D eigenvalue weighted by Gasteiger charge is -1.98. The molecule has 2 aromatic rings. The average Bonchev–Trinajstić information content (AvgIpc) is 2.82. The van der Waals surface area contributed by atoms with Crippen molar-refractivity contribution in [3.8, 4) is 11.5 Å². The Balaban J connectivity index is 2.35. The van der Waals surface area contributed by atoms with Crippen LogP contribution in [0.5, 0.6) is 0 Å². The van der Waals surface area contributed by atoms with Crippen molar-refractivity contribution in [3.05, 3.63) is 34.9 Å². The smallest absolute Gasteiger partial charge is 0.379 e. The van der Waals surface area contributed by atoms with Crippen LogP contribution in [0.1, 0.15) is 17.5 Å². The normalized spacial score (nSPS) is 10.4. The standard InChI is InChI=1S/C11H8ClFN2O3/c1-2-17-11(16)9-14-10(18-15-9)6-4-3-5-7(12)8(6)13/h3-5H,2H2,1H3. The van der Waals surface area contributed by atoms with Gasteiger partial charge >= 0.3 is 5.97 Å². The Morgan fingerprint density at radius 3 is 3.06 bits per heavy atom. The van der Waals surface area contributed by atoms with Gasteiger partial charge in [-0.2, -0.15) is 4.98 Å². The molecule has 0 bridgehead atoms. The molecule has 0 aliphatic carbocycles. The molecule has 0 amide bonds. The molecule has 0 saturated carbocycles. The predicted molar refractivity (Wildman–Crippen MR) is 60.7 cm³/mol. The van der Waals surface area contributed by atoms with E-state index in [1.165, 1.54) is 18.2 Å². The molecule has 2 rings (SSSR count). The molecule has 0 aliphatic heterocycles. The number of aromatic nitrogens is 2. The molecular formula is C11H8ClFN2O3. The van der Waals surface area contributed by atoms with Crippen molar-refractivity contribution in [1.29, 1.82) is 0 Å². The van der Waals surface area contributed by atoms with E-state index in [1.54, 1.807) is 6.92 Å². The van der Waals surface area contributed by atoms with Gasteiger partial charge in [0.05, 0.1) is 17.2 Å². The van der Waals surface area contributed by atoms with Crippen LogP contribution >= 0.6 is 11.6 Å². The van der Waals surface area contributed by atoms with Crippen LogP contribution in [0.25, 0.3) is 11.5 Å². The summed E-state index contributed by atoms with van der Waals surface area (Å²) in [7, 11) is 0. The molecule has 0 aliphatic rings. The van der Waals surface area contributed by atoms with E-state index in [-0.39, 0.29) is 28.9 Å². The van der Waals surface area contributed by atoms with Gasteiger partial charge in [0, 0.05) is 0 Å². The highest BCUT2D eigenvalue weighted by atomic mass is 35.5. The minimum absolute atomic E-state index is 0.0329. The number of carbonyl (C=O) groups is 1. The van der Waals surface area contributed by atoms with Gasteiger partial charge in [-0.3, -0.25) is 0 Å². The summed E-state index contributed by atoms with van der Waals surface area (Å²) in [6.07, 6.45) is 0. The van der Waals surface area contributed by atoms with Gasteiger partial charge in [-0.25, -0.2) is 9.18 Å². The molecule has 94 valence electrons. The van der Waals surface area contributed by atoms with Crippen LogP contribution in [0, 0.1) is 5.82 Å². The van der Waals surface area contributed by atoms with Crippen molar-refractivity contribution in [1.82, 2.24) is 10.1 Å². The maximum absolute atomic E-state index is 13.7. The first-order valence-electron chi connectivity index (χ1n) is 5.08. The fraction of sp³-hybridized carbons (Fsp3) is 0.182. The van der Waals surface area contributed by atoms with E-state index in [0.29, 0.717) is 0 Å². The van der Waals surface area contributed by atoms with Crippen LogP contribution in [0.3, 0.4) is 0 Å². The third kappa shape index (κ3) is 2.33. The molecule has 0 spiro atoms. The number of halogens is 2. The van der Waals surface area contributed by atoms with Crippen molar-refractivity contribution < 1.29 is 18.4 Å². The van der Waals surface area contributed by atoms with Gasteiger partial charge in [-0.15, -0.1) is 0 Å². The quantitative estimate of drug-likeness (QED) is 0.802. The molecule has 18 heavy (non-hydrogen) atoms. The lowest BCUT2D eigenvalue weighted by atomic mass is 10.2. The second-order valence-electron chi connectivity index (χ2n) is 3.24. The first-order valence-corrected chi connectivity index (χ1v) is 5.46. The fourth-order valence-corrected chi connectivity index (χ4v) is 1.45. The van der Waals surface area contributed by atoms with Gasteiger partial charge in [0.1, 0.15) is 0 Å². The minimum atomic E-state index is -0.727. The first kappa shape index (κ1) is 12.5. The van der Waals surface area contributed by atoms with Crippen LogP contribution in [0.15, 0.2) is 22.7 Å². The maximum atomic E-state index is 13.7. The van der Waals surface area contributed by atoms with Crippen LogP contribution in [-0.2, 0) is 4.74 Å². The number of hydrogen-bond acceptors (Lipinski definition) is 5. The van der Waals surface area contributed by atoms with E-state index in [1.807, 2.05) is 0 Å². The van der Waals surface area contributed by atoms with Crippen molar-refractivity contribution >= 4 is 17.6 Å². The summed E-state index contributed by atoms with van der Waals surface area (Å²) in [6.45, 7) is 1.84. The first-order chi connectivity index (χ1) is 8.63. The summed E-state index contributed by atoms with van der Waals surface area (Å²) < 4.78 is 23.2. The monoisotopic (exact) mass is 270 g/mol. The van der Waals surface area contributed by atoms with E-state index in [0.717, 1.165) is 0 Å². The molecule has 7 heteroatoms. The molecular weight excluding hydrogens is 263 g/mol. The van der Waals surface area contributed by atoms with E-state index in [4.69, 9.17) is 16.1 Å². The Kier molecular flexibility index (Phi) is 3.57. The highest BCUT2D eigenvalue weighted by molar-refractivity contribution is 6.31. The zero-order chi connectivity index (χ0) is 13.1. The van der Waals surface area contributed by atoms with Gasteiger partial charge in [0.25, 0.3) is 11.7 Å². The highest BCUT2D eigenvalue weighted by Crippen LogP contribution is 2.26. The summed E-state index contributed by atoms with van der Waals surface area (Å²) in [5, 5.41) is 3.35. The number of hydrogen-bond donors (Lipinski definition) is 0. The number of esters is 1. The lowest BCUT2D eigenvalue weighted by Crippen LogP contribution is -2.06. The largest absolute Gasteiger partial charge is 0.460 e. The predicted octanol–water partition coefficient (Wildman–Crippen LogP) is 2.71. The third-order valence-corrected chi connectivity index (χ3v) is 2.36. The lowest BCUT2D eigenvalue weighted by molar-refractivity contribution is 0.0508. The average molecular weight is 271 g/mol. The second kappa shape index (κ2) is 5.14. The van der Waals surface area contributed by atoms with E-state index < -0.39 is 11.8 Å². The Bertz CT molecular complexity index is 585. The summed E-state index contributed by atoms with van der Waals surface area (Å²) in [5.74, 6) is -1.79. The summed E-state index contributed by atoms with van der Waals surface area (Å²) in [5.41, 5.74) is 0.0329. The SMILES string of the molecule is CCOC(=O)c1noc(-c2cccc(Cl)c2F)n1. The number of ether oxygens (including phenoxy) is 1. The summed E-state index contributed by atoms with van der Waals surface area (Å²) in [4.78, 5) is 15.1. The van der Waals surface area contributed by atoms with Gasteiger partial charge in [-0.1, -0.05) is 17.7 Å². The van der Waals surface area contributed by atoms with Crippen LogP contribution in [-0.4, -0.2) is 22.7 Å². The van der Waals surface area contributed by atoms with Crippen LogP contribution in [0.2, 0.25) is 5.02 Å². The maximum Gasteiger partial charge on any atom is 0.379 e. The molecule has 0 N–H and O–H groups in total. The molecule has 0 radical (unpaired) electrons. The van der Waals surface area contributed by atoms with Crippen molar-refractivity contribution in [3.63, 3.8) is 0 Å². The number of rotatable bonds is 3. The molecule has 5 nitrogen and oxygen atoms in total. The number of nitrogens with zero attached hydrogens (tertiary/aromatic N) is 2. The Labute approximate surface area is 107 Å². The molecule has 0 atom stereocenters. The molecule has 0 saturated heterocycles. The van der Waals surface area contributed by atoms with Gasteiger partial charge in [-0.05, 0) is 24.2 Å². The van der Waals surface area contributed by atoms with Crippen LogP contribution in [0.4, 0.5) is 4.39 Å². The molecule has 1 aromatic heterocycles. The Hall–Kier alpha value is -1.95. The summed E-state index contributed by atoms with van der Waals surface area (Å²) >= 11 is 5.63. The van der Waals surface area contributed by atoms with E-state index >= 15 is 0 Å². The zero-order valence-electron chi connectivity index (χ0n) is 9.31. The second-order valence-corrected chi connectivity index (χ2v) is 3.65. The molecule has 0 unspecified atom stereocenters. The van der Waals surface area contributed by atoms with Gasteiger partial charge in [0.15, 0.2) is 5.82 Å². The van der Waals surface area contributed by atoms with Crippen LogP contribution < -0.4 is 0 Å². The van der Waals surface area contributed by atoms with E-state index in [9.17, 15) is 9.18 Å². The number of carbonyl (C=O) groups excluding carboxylic acids is 1. The van der Waals surface area contributed by atoms with Crippen molar-refractivity contribution in [2.75, 3.05) is 6.61 Å². The number of benzene rings is 1. The highest BCUT2D eigenvalue weighted by Gasteiger charge is 2.19. The van der Waals surface area contributed by atoms with Crippen molar-refractivity contribution in [2.45, 2.75) is 6.92 Å². The summed E-state index contributed by atoms with van der Waals surface area (Å²) in [6, 6.07) is 4.35. The Morgan fingerprint density at radius 1 is 1.56 bits per heavy atom. The Morgan fingerprint density at radius 2 is 2.33 bits per heavy atom. The topological polar surface area (TPSA) is 65.2 Å². The van der Waals surface area contributed by atoms with Crippen molar-refractivity contribution in [2.24, 2.45) is 0 Å². The molecule has 1 heterocycles. The molecule has 1 aromatic carbocycles. The fourth-order valence-electron chi connectivity index (χ4n) is 1.28. The minimum Gasteiger partial charge on any atom is -0.460 e. The van der Waals surface area contributed by atoms with E-state index in [2.05, 4.69) is 14.9 Å².